The van der Waals surface area contributed by atoms with Gasteiger partial charge in [-0.3, -0.25) is 4.79 Å². The lowest BCUT2D eigenvalue weighted by molar-refractivity contribution is -0.134. The first-order chi connectivity index (χ1) is 6.95. The van der Waals surface area contributed by atoms with E-state index in [0.717, 1.165) is 5.69 Å². The highest BCUT2D eigenvalue weighted by molar-refractivity contribution is 14.1. The summed E-state index contributed by atoms with van der Waals surface area (Å²) in [5.41, 5.74) is 0.755. The van der Waals surface area contributed by atoms with Crippen LogP contribution >= 0.6 is 22.9 Å². The zero-order valence-corrected chi connectivity index (χ0v) is 10.4. The van der Waals surface area contributed by atoms with Gasteiger partial charge < -0.3 is 8.64 Å². The van der Waals surface area contributed by atoms with Crippen molar-refractivity contribution >= 4 is 44.4 Å². The Morgan fingerprint density at radius 3 is 2.27 bits per heavy atom. The van der Waals surface area contributed by atoms with E-state index in [4.69, 9.17) is 5.11 Å². The van der Waals surface area contributed by atoms with E-state index in [9.17, 15) is 13.2 Å². The van der Waals surface area contributed by atoms with Crippen molar-refractivity contribution in [1.82, 2.24) is 0 Å². The van der Waals surface area contributed by atoms with Crippen molar-refractivity contribution in [3.63, 3.8) is 0 Å². The molecular weight excluding hydrogens is 333 g/mol. The number of rotatable bonds is 4. The summed E-state index contributed by atoms with van der Waals surface area (Å²) in [6.45, 7) is 0. The molecule has 0 amide bonds. The number of hydrogen-bond donors (Lipinski definition) is 2. The maximum absolute atomic E-state index is 11.4. The molecule has 0 bridgehead atoms. The predicted octanol–water partition coefficient (Wildman–Crippen LogP) is 1.31. The average Bonchev–Trinajstić information content (AvgIpc) is 2.16. The molecule has 1 rings (SSSR count). The summed E-state index contributed by atoms with van der Waals surface area (Å²) >= 11 is 1.91. The minimum atomic E-state index is -3.71. The van der Waals surface area contributed by atoms with Crippen LogP contribution in [0.2, 0.25) is 0 Å². The Morgan fingerprint density at radius 1 is 1.33 bits per heavy atom. The van der Waals surface area contributed by atoms with Gasteiger partial charge in [0.1, 0.15) is 0 Å². The highest BCUT2D eigenvalue weighted by Crippen LogP contribution is 2.16. The molecule has 0 spiro atoms. The van der Waals surface area contributed by atoms with Crippen LogP contribution in [0.1, 0.15) is 0 Å². The van der Waals surface area contributed by atoms with E-state index in [1.807, 2.05) is 22.9 Å². The van der Waals surface area contributed by atoms with E-state index >= 15 is 0 Å². The second-order valence-corrected chi connectivity index (χ2v) is 5.30. The zero-order valence-electron chi connectivity index (χ0n) is 7.47. The molecule has 0 heterocycles. The van der Waals surface area contributed by atoms with Crippen LogP contribution in [0, 0.1) is 0 Å². The highest BCUT2D eigenvalue weighted by Gasteiger charge is 2.18. The fraction of sp³-hybridized carbons (Fsp3) is 0.125. The normalized spacial score (nSPS) is 11.0. The lowest BCUT2D eigenvalue weighted by Gasteiger charge is -2.02. The molecule has 0 atom stereocenters. The smallest absolute Gasteiger partial charge is 0.319 e. The third-order valence-corrected chi connectivity index (χ3v) is 3.88. The van der Waals surface area contributed by atoms with Gasteiger partial charge >= 0.3 is 5.97 Å². The van der Waals surface area contributed by atoms with Crippen LogP contribution in [0.3, 0.4) is 0 Å². The number of carboxylic acids is 1. The molecule has 1 aromatic carbocycles. The summed E-state index contributed by atoms with van der Waals surface area (Å²) in [5, 5.41) is 8.42. The third-order valence-electron chi connectivity index (χ3n) is 1.64. The molecule has 0 aliphatic rings. The number of carboxylic acid groups (broad SMARTS) is 1. The first kappa shape index (κ1) is 12.2. The molecule has 7 heteroatoms. The number of anilines is 1. The molecule has 0 aliphatic heterocycles. The van der Waals surface area contributed by atoms with Gasteiger partial charge in [-0.2, -0.15) is 0 Å². The Bertz CT molecular complexity index is 454. The van der Waals surface area contributed by atoms with Gasteiger partial charge in [0.15, 0.2) is 15.6 Å². The quantitative estimate of drug-likeness (QED) is 0.637. The average molecular weight is 341 g/mol. The standard InChI is InChI=1S/C8H8INO4S/c9-10-6-1-3-7(4-2-6)15(13,14)5-8(11)12/h1-4,10H,5H2,(H,11,12). The summed E-state index contributed by atoms with van der Waals surface area (Å²) in [6, 6.07) is 5.89. The maximum Gasteiger partial charge on any atom is 0.319 e. The third kappa shape index (κ3) is 3.34. The van der Waals surface area contributed by atoms with Crippen molar-refractivity contribution in [3.05, 3.63) is 24.3 Å². The molecule has 2 N–H and O–H groups in total. The highest BCUT2D eigenvalue weighted by atomic mass is 127. The molecule has 0 unspecified atom stereocenters. The van der Waals surface area contributed by atoms with E-state index in [0.29, 0.717) is 0 Å². The summed E-state index contributed by atoms with van der Waals surface area (Å²) in [6.07, 6.45) is 0. The zero-order chi connectivity index (χ0) is 11.5. The first-order valence-corrected chi connectivity index (χ1v) is 6.60. The van der Waals surface area contributed by atoms with Crippen molar-refractivity contribution in [1.29, 1.82) is 0 Å². The van der Waals surface area contributed by atoms with Crippen LogP contribution in [0.15, 0.2) is 29.2 Å². The lowest BCUT2D eigenvalue weighted by Crippen LogP contribution is -2.15. The van der Waals surface area contributed by atoms with Gasteiger partial charge in [-0.25, -0.2) is 8.42 Å². The molecule has 5 nitrogen and oxygen atoms in total. The molecule has 0 radical (unpaired) electrons. The number of hydrogen-bond acceptors (Lipinski definition) is 4. The van der Waals surface area contributed by atoms with Crippen molar-refractivity contribution in [2.75, 3.05) is 9.28 Å². The minimum Gasteiger partial charge on any atom is -0.480 e. The molecule has 0 aromatic heterocycles. The second-order valence-electron chi connectivity index (χ2n) is 2.77. The van der Waals surface area contributed by atoms with Crippen molar-refractivity contribution < 1.29 is 18.3 Å². The predicted molar refractivity (Wildman–Crippen MR) is 63.8 cm³/mol. The largest absolute Gasteiger partial charge is 0.480 e. The molecule has 0 fully saturated rings. The van der Waals surface area contributed by atoms with E-state index in [2.05, 4.69) is 3.53 Å². The van der Waals surface area contributed by atoms with E-state index in [1.165, 1.54) is 12.1 Å². The lowest BCUT2D eigenvalue weighted by atomic mass is 10.3. The second kappa shape index (κ2) is 4.79. The van der Waals surface area contributed by atoms with Crippen LogP contribution in [0.4, 0.5) is 5.69 Å². The number of halogens is 1. The van der Waals surface area contributed by atoms with Gasteiger partial charge in [0, 0.05) is 5.69 Å². The molecule has 1 aromatic rings. The molecular formula is C8H8INO4S. The number of carbonyl (C=O) groups is 1. The topological polar surface area (TPSA) is 83.5 Å². The van der Waals surface area contributed by atoms with Gasteiger partial charge in [0.05, 0.1) is 27.8 Å². The van der Waals surface area contributed by atoms with Gasteiger partial charge in [-0.1, -0.05) is 0 Å². The van der Waals surface area contributed by atoms with E-state index < -0.39 is 21.6 Å². The van der Waals surface area contributed by atoms with Gasteiger partial charge in [0.25, 0.3) is 0 Å². The van der Waals surface area contributed by atoms with E-state index in [1.54, 1.807) is 12.1 Å². The number of benzene rings is 1. The van der Waals surface area contributed by atoms with Gasteiger partial charge in [-0.15, -0.1) is 0 Å². The molecule has 15 heavy (non-hydrogen) atoms. The Balaban J connectivity index is 3.01. The van der Waals surface area contributed by atoms with Crippen LogP contribution in [-0.2, 0) is 14.6 Å². The van der Waals surface area contributed by atoms with Crippen LogP contribution < -0.4 is 3.53 Å². The van der Waals surface area contributed by atoms with Crippen molar-refractivity contribution in [2.24, 2.45) is 0 Å². The number of nitrogens with one attached hydrogen (secondary N) is 1. The number of sulfone groups is 1. The SMILES string of the molecule is O=C(O)CS(=O)(=O)c1ccc(NI)cc1. The summed E-state index contributed by atoms with van der Waals surface area (Å²) < 4.78 is 25.7. The van der Waals surface area contributed by atoms with Crippen molar-refractivity contribution in [3.8, 4) is 0 Å². The van der Waals surface area contributed by atoms with Gasteiger partial charge in [0.2, 0.25) is 0 Å². The maximum atomic E-state index is 11.4. The Kier molecular flexibility index (Phi) is 3.91. The van der Waals surface area contributed by atoms with Gasteiger partial charge in [-0.05, 0) is 24.3 Å². The monoisotopic (exact) mass is 341 g/mol. The van der Waals surface area contributed by atoms with Crippen LogP contribution in [-0.4, -0.2) is 25.2 Å². The van der Waals surface area contributed by atoms with Crippen molar-refractivity contribution in [2.45, 2.75) is 4.90 Å². The fourth-order valence-electron chi connectivity index (χ4n) is 0.971. The Morgan fingerprint density at radius 2 is 1.87 bits per heavy atom. The molecule has 0 aliphatic carbocycles. The molecule has 0 saturated heterocycles. The Hall–Kier alpha value is -0.830. The van der Waals surface area contributed by atoms with Crippen LogP contribution in [0.5, 0.6) is 0 Å². The first-order valence-electron chi connectivity index (χ1n) is 3.87. The fourth-order valence-corrected chi connectivity index (χ4v) is 2.37. The summed E-state index contributed by atoms with van der Waals surface area (Å²) in [5.74, 6) is -2.24. The molecule has 0 saturated carbocycles. The number of aliphatic carboxylic acids is 1. The Labute approximate surface area is 101 Å². The summed E-state index contributed by atoms with van der Waals surface area (Å²) in [4.78, 5) is 10.3. The minimum absolute atomic E-state index is 0.0142. The summed E-state index contributed by atoms with van der Waals surface area (Å²) in [7, 11) is -3.71. The molecule has 82 valence electrons. The van der Waals surface area contributed by atoms with Crippen LogP contribution in [0.25, 0.3) is 0 Å². The van der Waals surface area contributed by atoms with E-state index in [-0.39, 0.29) is 4.90 Å².